The summed E-state index contributed by atoms with van der Waals surface area (Å²) in [4.78, 5) is 16.0. The van der Waals surface area contributed by atoms with Crippen LogP contribution in [-0.4, -0.2) is 147 Å². The minimum absolute atomic E-state index is 0.793. The quantitative estimate of drug-likeness (QED) is 0.448. The van der Waals surface area contributed by atoms with Crippen LogP contribution in [-0.2, 0) is 0 Å². The number of hydrogen-bond acceptors (Lipinski definition) is 6. The van der Waals surface area contributed by atoms with Crippen LogP contribution >= 0.6 is 0 Å². The van der Waals surface area contributed by atoms with Gasteiger partial charge in [0.2, 0.25) is 0 Å². The summed E-state index contributed by atoms with van der Waals surface area (Å²) in [5, 5.41) is 0. The molecule has 0 amide bonds. The monoisotopic (exact) mass is 577 g/mol. The number of piperazine rings is 2. The second-order valence-electron chi connectivity index (χ2n) is 14.7. The Bertz CT molecular complexity index is 641. The first-order valence-corrected chi connectivity index (χ1v) is 18.2. The maximum absolute atomic E-state index is 2.76. The maximum Gasteiger partial charge on any atom is 0.0110 e. The van der Waals surface area contributed by atoms with E-state index >= 15 is 0 Å². The molecule has 0 N–H and O–H groups in total. The van der Waals surface area contributed by atoms with Gasteiger partial charge in [-0.1, -0.05) is 34.6 Å². The molecule has 6 heteroatoms. The van der Waals surface area contributed by atoms with Crippen molar-refractivity contribution in [3.63, 3.8) is 0 Å². The first-order valence-electron chi connectivity index (χ1n) is 18.2. The minimum atomic E-state index is 0.793. The Labute approximate surface area is 257 Å². The average Bonchev–Trinajstić information content (AvgIpc) is 2.99. The summed E-state index contributed by atoms with van der Waals surface area (Å²) in [5.74, 6) is 3.65. The van der Waals surface area contributed by atoms with Crippen LogP contribution in [0.15, 0.2) is 0 Å². The Morgan fingerprint density at radius 1 is 0.634 bits per heavy atom. The molecule has 0 aliphatic carbocycles. The van der Waals surface area contributed by atoms with Crippen LogP contribution in [0.4, 0.5) is 0 Å². The SMILES string of the molecule is CC.CC(C)CCN1CCC(CN2CCN(C)CC2)CC1.CC1CCN2CCN(CC2)CC2CCN(CC2)C(C)C1. The maximum atomic E-state index is 2.76. The van der Waals surface area contributed by atoms with Crippen molar-refractivity contribution in [2.45, 2.75) is 92.5 Å². The fraction of sp³-hybridized carbons (Fsp3) is 1.00. The zero-order valence-corrected chi connectivity index (χ0v) is 28.8. The summed E-state index contributed by atoms with van der Waals surface area (Å²) < 4.78 is 0. The molecule has 41 heavy (non-hydrogen) atoms. The van der Waals surface area contributed by atoms with E-state index in [-0.39, 0.29) is 0 Å². The van der Waals surface area contributed by atoms with Crippen molar-refractivity contribution in [2.75, 3.05) is 112 Å². The lowest BCUT2D eigenvalue weighted by Crippen LogP contribution is -2.50. The third kappa shape index (κ3) is 13.1. The summed E-state index contributed by atoms with van der Waals surface area (Å²) in [7, 11) is 2.24. The van der Waals surface area contributed by atoms with Gasteiger partial charge in [0.05, 0.1) is 0 Å². The van der Waals surface area contributed by atoms with E-state index in [1.54, 1.807) is 0 Å². The highest BCUT2D eigenvalue weighted by Gasteiger charge is 2.27. The van der Waals surface area contributed by atoms with Crippen molar-refractivity contribution >= 4 is 0 Å². The highest BCUT2D eigenvalue weighted by molar-refractivity contribution is 4.83. The number of piperidine rings is 2. The van der Waals surface area contributed by atoms with E-state index < -0.39 is 0 Å². The molecule has 0 aromatic rings. The van der Waals surface area contributed by atoms with Gasteiger partial charge in [-0.05, 0) is 122 Å². The van der Waals surface area contributed by atoms with Gasteiger partial charge in [-0.15, -0.1) is 0 Å². The lowest BCUT2D eigenvalue weighted by molar-refractivity contribution is 0.0692. The molecule has 6 nitrogen and oxygen atoms in total. The third-order valence-electron chi connectivity index (χ3n) is 10.8. The molecule has 0 radical (unpaired) electrons. The standard InChI is InChI=1S/C17H33N3.C16H33N3.C2H6/c1-15-3-6-18-9-11-19(12-10-18)14-17-4-7-20(8-5-17)16(2)13-15;1-15(2)4-7-18-8-5-16(6-9-18)14-19-12-10-17(3)11-13-19;1-2/h15-17H,3-14H2,1-2H3;15-16H,4-14H2,1-3H3;1-2H3. The first kappa shape index (κ1) is 35.2. The number of rotatable bonds is 5. The molecular formula is C35H72N6. The molecule has 4 bridgehead atoms. The molecule has 8 saturated heterocycles. The Morgan fingerprint density at radius 2 is 1.24 bits per heavy atom. The lowest BCUT2D eigenvalue weighted by atomic mass is 9.92. The summed E-state index contributed by atoms with van der Waals surface area (Å²) >= 11 is 0. The van der Waals surface area contributed by atoms with E-state index in [2.05, 4.69) is 64.1 Å². The van der Waals surface area contributed by atoms with Gasteiger partial charge < -0.3 is 29.4 Å². The zero-order chi connectivity index (χ0) is 29.6. The normalized spacial score (nSPS) is 34.8. The van der Waals surface area contributed by atoms with Crippen LogP contribution in [0, 0.1) is 23.7 Å². The predicted octanol–water partition coefficient (Wildman–Crippen LogP) is 5.15. The van der Waals surface area contributed by atoms with Crippen molar-refractivity contribution in [1.29, 1.82) is 0 Å². The molecule has 8 aliphatic rings. The second-order valence-corrected chi connectivity index (χ2v) is 14.7. The fourth-order valence-corrected chi connectivity index (χ4v) is 7.62. The van der Waals surface area contributed by atoms with Crippen LogP contribution in [0.25, 0.3) is 0 Å². The van der Waals surface area contributed by atoms with Crippen molar-refractivity contribution in [3.05, 3.63) is 0 Å². The van der Waals surface area contributed by atoms with Gasteiger partial charge in [-0.3, -0.25) is 0 Å². The summed E-state index contributed by atoms with van der Waals surface area (Å²) in [6, 6.07) is 0.793. The van der Waals surface area contributed by atoms with Crippen molar-refractivity contribution in [2.24, 2.45) is 23.7 Å². The summed E-state index contributed by atoms with van der Waals surface area (Å²) in [6.45, 7) is 34.6. The molecule has 0 aromatic heterocycles. The fourth-order valence-electron chi connectivity index (χ4n) is 7.62. The molecular weight excluding hydrogens is 504 g/mol. The van der Waals surface area contributed by atoms with Gasteiger partial charge in [0, 0.05) is 71.5 Å². The van der Waals surface area contributed by atoms with E-state index in [9.17, 15) is 0 Å². The molecule has 2 atom stereocenters. The van der Waals surface area contributed by atoms with Gasteiger partial charge in [-0.2, -0.15) is 0 Å². The van der Waals surface area contributed by atoms with Crippen LogP contribution in [0.1, 0.15) is 86.5 Å². The van der Waals surface area contributed by atoms with E-state index in [0.29, 0.717) is 0 Å². The van der Waals surface area contributed by atoms with Crippen molar-refractivity contribution < 1.29 is 0 Å². The lowest BCUT2D eigenvalue weighted by Gasteiger charge is -2.42. The highest BCUT2D eigenvalue weighted by atomic mass is 15.3. The molecule has 0 spiro atoms. The van der Waals surface area contributed by atoms with Crippen LogP contribution in [0.3, 0.4) is 0 Å². The molecule has 0 saturated carbocycles. The minimum Gasteiger partial charge on any atom is -0.304 e. The van der Waals surface area contributed by atoms with Crippen molar-refractivity contribution in [3.8, 4) is 0 Å². The number of nitrogens with zero attached hydrogens (tertiary/aromatic N) is 6. The Morgan fingerprint density at radius 3 is 1.85 bits per heavy atom. The van der Waals surface area contributed by atoms with E-state index in [0.717, 1.165) is 29.7 Å². The molecule has 0 aromatic carbocycles. The first-order chi connectivity index (χ1) is 19.8. The van der Waals surface area contributed by atoms with Gasteiger partial charge in [0.25, 0.3) is 0 Å². The smallest absolute Gasteiger partial charge is 0.0110 e. The Kier molecular flexibility index (Phi) is 16.5. The molecule has 8 fully saturated rings. The molecule has 8 heterocycles. The Hall–Kier alpha value is -0.240. The van der Waals surface area contributed by atoms with Crippen LogP contribution in [0.5, 0.6) is 0 Å². The van der Waals surface area contributed by atoms with E-state index in [4.69, 9.17) is 0 Å². The van der Waals surface area contributed by atoms with Gasteiger partial charge in [-0.25, -0.2) is 0 Å². The number of likely N-dealkylation sites (tertiary alicyclic amines) is 1. The molecule has 242 valence electrons. The largest absolute Gasteiger partial charge is 0.304 e. The van der Waals surface area contributed by atoms with E-state index in [1.807, 2.05) is 13.8 Å². The van der Waals surface area contributed by atoms with Crippen LogP contribution < -0.4 is 0 Å². The van der Waals surface area contributed by atoms with Gasteiger partial charge in [0.15, 0.2) is 0 Å². The predicted molar refractivity (Wildman–Crippen MR) is 179 cm³/mol. The summed E-state index contributed by atoms with van der Waals surface area (Å²) in [5.41, 5.74) is 0. The average molecular weight is 577 g/mol. The zero-order valence-electron chi connectivity index (χ0n) is 28.8. The van der Waals surface area contributed by atoms with Gasteiger partial charge >= 0.3 is 0 Å². The highest BCUT2D eigenvalue weighted by Crippen LogP contribution is 2.25. The molecule has 8 rings (SSSR count). The third-order valence-corrected chi connectivity index (χ3v) is 10.8. The van der Waals surface area contributed by atoms with E-state index in [1.165, 1.54) is 150 Å². The second kappa shape index (κ2) is 19.2. The van der Waals surface area contributed by atoms with Gasteiger partial charge in [0.1, 0.15) is 0 Å². The van der Waals surface area contributed by atoms with Crippen LogP contribution in [0.2, 0.25) is 0 Å². The van der Waals surface area contributed by atoms with Crippen molar-refractivity contribution in [1.82, 2.24) is 29.4 Å². The number of likely N-dealkylation sites (N-methyl/N-ethyl adjacent to an activating group) is 1. The number of hydrogen-bond donors (Lipinski definition) is 0. The summed E-state index contributed by atoms with van der Waals surface area (Å²) in [6.07, 6.45) is 9.85. The molecule has 2 unspecified atom stereocenters. The molecule has 8 aliphatic heterocycles. The Balaban J connectivity index is 0.000000213. The topological polar surface area (TPSA) is 19.4 Å².